The summed E-state index contributed by atoms with van der Waals surface area (Å²) < 4.78 is 41.2. The maximum atomic E-state index is 13.7. The van der Waals surface area contributed by atoms with Crippen molar-refractivity contribution >= 4 is 13.9 Å². The van der Waals surface area contributed by atoms with E-state index in [-0.39, 0.29) is 19.7 Å². The highest BCUT2D eigenvalue weighted by Gasteiger charge is 2.39. The van der Waals surface area contributed by atoms with Gasteiger partial charge in [0.15, 0.2) is 0 Å². The van der Waals surface area contributed by atoms with Gasteiger partial charge in [-0.1, -0.05) is 78.6 Å². The lowest BCUT2D eigenvalue weighted by Crippen LogP contribution is -2.26. The topological polar surface area (TPSA) is 20.2 Å². The molecule has 29 heavy (non-hydrogen) atoms. The molecule has 2 aromatic carbocycles. The minimum atomic E-state index is -4.40. The monoisotopic (exact) mass is 424 g/mol. The van der Waals surface area contributed by atoms with Crippen LogP contribution in [-0.4, -0.2) is 5.11 Å². The minimum Gasteiger partial charge on any atom is -0.507 e. The summed E-state index contributed by atoms with van der Waals surface area (Å²) in [5, 5.41) is 10.9. The Balaban J connectivity index is 2.71. The highest BCUT2D eigenvalue weighted by atomic mass is 31.1. The molecule has 2 rings (SSSR count). The smallest absolute Gasteiger partial charge is 0.417 e. The number of phenols is 1. The lowest BCUT2D eigenvalue weighted by Gasteiger charge is -2.36. The van der Waals surface area contributed by atoms with Crippen molar-refractivity contribution in [3.8, 4) is 5.75 Å². The van der Waals surface area contributed by atoms with E-state index in [1.807, 2.05) is 53.7 Å². The second kappa shape index (κ2) is 8.30. The Bertz CT molecular complexity index is 875. The lowest BCUT2D eigenvalue weighted by atomic mass is 9.81. The zero-order valence-corrected chi connectivity index (χ0v) is 19.4. The Hall–Kier alpha value is -1.54. The van der Waals surface area contributed by atoms with Gasteiger partial charge in [-0.15, -0.1) is 0 Å². The Morgan fingerprint density at radius 2 is 1.34 bits per heavy atom. The van der Waals surface area contributed by atoms with Gasteiger partial charge >= 0.3 is 6.18 Å². The van der Waals surface area contributed by atoms with E-state index in [2.05, 4.69) is 0 Å². The van der Waals surface area contributed by atoms with Crippen LogP contribution in [0.1, 0.15) is 75.3 Å². The maximum absolute atomic E-state index is 13.7. The Kier molecular flexibility index (Phi) is 6.79. The molecule has 0 fully saturated rings. The van der Waals surface area contributed by atoms with Crippen LogP contribution in [0.2, 0.25) is 0 Å². The van der Waals surface area contributed by atoms with Crippen molar-refractivity contribution in [2.24, 2.45) is 0 Å². The van der Waals surface area contributed by atoms with Crippen molar-refractivity contribution < 1.29 is 18.3 Å². The molecule has 1 nitrogen and oxygen atoms in total. The number of benzene rings is 2. The molecule has 0 aliphatic carbocycles. The van der Waals surface area contributed by atoms with E-state index >= 15 is 0 Å². The number of rotatable bonds is 5. The largest absolute Gasteiger partial charge is 0.507 e. The first-order valence-corrected chi connectivity index (χ1v) is 11.1. The van der Waals surface area contributed by atoms with E-state index in [1.165, 1.54) is 6.07 Å². The fourth-order valence-electron chi connectivity index (χ4n) is 3.85. The third-order valence-corrected chi connectivity index (χ3v) is 7.80. The first-order chi connectivity index (χ1) is 13.2. The van der Waals surface area contributed by atoms with Crippen LogP contribution in [0.25, 0.3) is 0 Å². The average Bonchev–Trinajstić information content (AvgIpc) is 2.61. The highest BCUT2D eigenvalue weighted by Crippen LogP contribution is 2.53. The molecular weight excluding hydrogens is 392 g/mol. The molecule has 1 atom stereocenters. The standard InChI is InChI=1S/C24H32F3OP/c1-8-23(9-2,19-14-16(4)13-18(21(19)28)22(5,6)7)29-20-11-10-15(3)12-17(20)24(25,26)27/h10-14,28-29H,8-9H2,1-7H3. The van der Waals surface area contributed by atoms with Crippen LogP contribution >= 0.6 is 8.58 Å². The van der Waals surface area contributed by atoms with Crippen LogP contribution in [0, 0.1) is 13.8 Å². The Morgan fingerprint density at radius 3 is 1.83 bits per heavy atom. The number of aromatic hydroxyl groups is 1. The van der Waals surface area contributed by atoms with Crippen molar-refractivity contribution in [2.75, 3.05) is 0 Å². The van der Waals surface area contributed by atoms with Crippen molar-refractivity contribution in [1.82, 2.24) is 0 Å². The third kappa shape index (κ3) is 4.97. The first kappa shape index (κ1) is 23.7. The summed E-state index contributed by atoms with van der Waals surface area (Å²) in [4.78, 5) is 0. The number of phenolic OH excluding ortho intramolecular Hbond substituents is 1. The normalized spacial score (nSPS) is 13.4. The van der Waals surface area contributed by atoms with Gasteiger partial charge in [0.05, 0.1) is 5.56 Å². The van der Waals surface area contributed by atoms with Crippen LogP contribution in [0.5, 0.6) is 5.75 Å². The summed E-state index contributed by atoms with van der Waals surface area (Å²) in [6.45, 7) is 13.8. The molecular formula is C24H32F3OP. The Morgan fingerprint density at radius 1 is 0.828 bits per heavy atom. The molecule has 0 radical (unpaired) electrons. The predicted molar refractivity (Wildman–Crippen MR) is 118 cm³/mol. The second-order valence-electron chi connectivity index (χ2n) is 8.92. The molecule has 0 saturated heterocycles. The van der Waals surface area contributed by atoms with Crippen molar-refractivity contribution in [1.29, 1.82) is 0 Å². The fraction of sp³-hybridized carbons (Fsp3) is 0.500. The summed E-state index contributed by atoms with van der Waals surface area (Å²) in [7, 11) is -0.0954. The first-order valence-electron chi connectivity index (χ1n) is 10.1. The third-order valence-electron chi connectivity index (χ3n) is 5.64. The quantitative estimate of drug-likeness (QED) is 0.498. The number of alkyl halides is 3. The molecule has 0 heterocycles. The number of aryl methyl sites for hydroxylation is 2. The molecule has 0 bridgehead atoms. The van der Waals surface area contributed by atoms with Crippen molar-refractivity contribution in [2.45, 2.75) is 78.1 Å². The van der Waals surface area contributed by atoms with E-state index in [4.69, 9.17) is 0 Å². The molecule has 0 aromatic heterocycles. The molecule has 1 unspecified atom stereocenters. The van der Waals surface area contributed by atoms with Crippen LogP contribution in [0.3, 0.4) is 0 Å². The predicted octanol–water partition coefficient (Wildman–Crippen LogP) is 7.34. The highest BCUT2D eigenvalue weighted by molar-refractivity contribution is 7.48. The second-order valence-corrected chi connectivity index (χ2v) is 10.7. The average molecular weight is 424 g/mol. The fourth-order valence-corrected chi connectivity index (χ4v) is 5.56. The van der Waals surface area contributed by atoms with E-state index in [9.17, 15) is 18.3 Å². The van der Waals surface area contributed by atoms with Gasteiger partial charge in [0.2, 0.25) is 0 Å². The van der Waals surface area contributed by atoms with Crippen molar-refractivity contribution in [3.63, 3.8) is 0 Å². The lowest BCUT2D eigenvalue weighted by molar-refractivity contribution is -0.136. The summed E-state index contributed by atoms with van der Waals surface area (Å²) in [6.07, 6.45) is -3.10. The maximum Gasteiger partial charge on any atom is 0.417 e. The summed E-state index contributed by atoms with van der Waals surface area (Å²) in [5.41, 5.74) is 2.38. The molecule has 0 aliphatic rings. The van der Waals surface area contributed by atoms with Crippen molar-refractivity contribution in [3.05, 3.63) is 58.1 Å². The SMILES string of the molecule is CCC(CC)(Pc1ccc(C)cc1C(F)(F)F)c1cc(C)cc(C(C)(C)C)c1O. The van der Waals surface area contributed by atoms with Crippen LogP contribution in [0.4, 0.5) is 13.2 Å². The molecule has 5 heteroatoms. The summed E-state index contributed by atoms with van der Waals surface area (Å²) in [5.74, 6) is 0.222. The zero-order chi connectivity index (χ0) is 22.2. The summed E-state index contributed by atoms with van der Waals surface area (Å²) in [6, 6.07) is 8.50. The summed E-state index contributed by atoms with van der Waals surface area (Å²) >= 11 is 0. The van der Waals surface area contributed by atoms with Crippen LogP contribution < -0.4 is 5.30 Å². The van der Waals surface area contributed by atoms with E-state index < -0.39 is 16.9 Å². The number of hydrogen-bond donors (Lipinski definition) is 1. The van der Waals surface area contributed by atoms with Gasteiger partial charge in [0, 0.05) is 10.7 Å². The van der Waals surface area contributed by atoms with Gasteiger partial charge in [0.1, 0.15) is 5.75 Å². The molecule has 1 N–H and O–H groups in total. The number of hydrogen-bond acceptors (Lipinski definition) is 1. The van der Waals surface area contributed by atoms with Crippen LogP contribution in [0.15, 0.2) is 30.3 Å². The molecule has 160 valence electrons. The number of halogens is 3. The van der Waals surface area contributed by atoms with Gasteiger partial charge in [0.25, 0.3) is 0 Å². The van der Waals surface area contributed by atoms with Gasteiger partial charge < -0.3 is 5.11 Å². The van der Waals surface area contributed by atoms with E-state index in [1.54, 1.807) is 19.1 Å². The van der Waals surface area contributed by atoms with Gasteiger partial charge in [-0.3, -0.25) is 0 Å². The van der Waals surface area contributed by atoms with Gasteiger partial charge in [-0.25, -0.2) is 0 Å². The van der Waals surface area contributed by atoms with E-state index in [0.717, 1.165) is 16.7 Å². The molecule has 0 amide bonds. The van der Waals surface area contributed by atoms with E-state index in [0.29, 0.717) is 23.7 Å². The Labute approximate surface area is 174 Å². The minimum absolute atomic E-state index is 0.0954. The molecule has 2 aromatic rings. The van der Waals surface area contributed by atoms with Gasteiger partial charge in [-0.05, 0) is 49.0 Å². The molecule has 0 spiro atoms. The van der Waals surface area contributed by atoms with Gasteiger partial charge in [-0.2, -0.15) is 13.2 Å². The molecule has 0 saturated carbocycles. The van der Waals surface area contributed by atoms with Crippen LogP contribution in [-0.2, 0) is 16.7 Å². The zero-order valence-electron chi connectivity index (χ0n) is 18.4. The molecule has 0 aliphatic heterocycles.